The zero-order chi connectivity index (χ0) is 13.5. The van der Waals surface area contributed by atoms with Gasteiger partial charge in [-0.1, -0.05) is 31.2 Å². The van der Waals surface area contributed by atoms with Crippen molar-refractivity contribution >= 4 is 12.2 Å². The molecule has 3 heteroatoms. The number of hydrogen-bond donors (Lipinski definition) is 1. The van der Waals surface area contributed by atoms with Crippen LogP contribution in [0.5, 0.6) is 0 Å². The van der Waals surface area contributed by atoms with Crippen LogP contribution < -0.4 is 0 Å². The van der Waals surface area contributed by atoms with Crippen molar-refractivity contribution in [1.82, 2.24) is 9.97 Å². The van der Waals surface area contributed by atoms with Crippen molar-refractivity contribution in [2.24, 2.45) is 0 Å². The molecule has 0 aromatic carbocycles. The quantitative estimate of drug-likeness (QED) is 0.833. The van der Waals surface area contributed by atoms with E-state index in [-0.39, 0.29) is 0 Å². The molecule has 1 N–H and O–H groups in total. The van der Waals surface area contributed by atoms with Gasteiger partial charge in [0.2, 0.25) is 0 Å². The predicted octanol–water partition coefficient (Wildman–Crippen LogP) is 4.10. The molecule has 0 amide bonds. The zero-order valence-corrected chi connectivity index (χ0v) is 10.8. The second-order valence-electron chi connectivity index (χ2n) is 4.08. The van der Waals surface area contributed by atoms with Gasteiger partial charge in [0.15, 0.2) is 0 Å². The highest BCUT2D eigenvalue weighted by Gasteiger charge is 2.00. The molecule has 0 radical (unpaired) electrons. The molecule has 0 aliphatic rings. The Hall–Kier alpha value is -2.42. The van der Waals surface area contributed by atoms with E-state index in [4.69, 9.17) is 5.11 Å². The van der Waals surface area contributed by atoms with Crippen LogP contribution in [0.2, 0.25) is 0 Å². The summed E-state index contributed by atoms with van der Waals surface area (Å²) in [5, 5.41) is 8.68. The van der Waals surface area contributed by atoms with E-state index in [1.165, 1.54) is 0 Å². The predicted molar refractivity (Wildman–Crippen MR) is 78.5 cm³/mol. The Morgan fingerprint density at radius 3 is 1.95 bits per heavy atom. The van der Waals surface area contributed by atoms with Crippen LogP contribution in [-0.2, 0) is 0 Å². The van der Waals surface area contributed by atoms with Gasteiger partial charge in [-0.2, -0.15) is 0 Å². The van der Waals surface area contributed by atoms with Crippen LogP contribution in [0.1, 0.15) is 24.5 Å². The number of aromatic nitrogens is 2. The van der Waals surface area contributed by atoms with Crippen LogP contribution in [0.3, 0.4) is 0 Å². The van der Waals surface area contributed by atoms with Gasteiger partial charge in [0.25, 0.3) is 0 Å². The number of hydrogen-bond acceptors (Lipinski definition) is 3. The van der Waals surface area contributed by atoms with Crippen molar-refractivity contribution in [2.75, 3.05) is 0 Å². The Kier molecular flexibility index (Phi) is 4.45. The normalized spacial score (nSPS) is 11.4. The van der Waals surface area contributed by atoms with Crippen LogP contribution >= 0.6 is 0 Å². The Morgan fingerprint density at radius 2 is 1.53 bits per heavy atom. The lowest BCUT2D eigenvalue weighted by atomic mass is 10.2. The van der Waals surface area contributed by atoms with E-state index in [2.05, 4.69) is 29.0 Å². The summed E-state index contributed by atoms with van der Waals surface area (Å²) in [6, 6.07) is 7.76. The monoisotopic (exact) mass is 252 g/mol. The molecule has 2 aromatic rings. The lowest BCUT2D eigenvalue weighted by Crippen LogP contribution is -1.88. The van der Waals surface area contributed by atoms with Gasteiger partial charge in [-0.05, 0) is 35.8 Å². The van der Waals surface area contributed by atoms with E-state index < -0.39 is 0 Å². The lowest BCUT2D eigenvalue weighted by Gasteiger charge is -2.01. The van der Waals surface area contributed by atoms with Crippen LogP contribution in [0.25, 0.3) is 23.5 Å². The molecule has 3 nitrogen and oxygen atoms in total. The van der Waals surface area contributed by atoms with Gasteiger partial charge < -0.3 is 5.11 Å². The van der Waals surface area contributed by atoms with Crippen LogP contribution in [0.15, 0.2) is 49.0 Å². The van der Waals surface area contributed by atoms with Crippen LogP contribution in [0.4, 0.5) is 0 Å². The molecule has 19 heavy (non-hydrogen) atoms. The first kappa shape index (κ1) is 13.0. The molecule has 0 bridgehead atoms. The molecule has 2 heterocycles. The molecule has 0 saturated carbocycles. The number of pyridine rings is 2. The molecule has 0 aliphatic carbocycles. The van der Waals surface area contributed by atoms with Crippen molar-refractivity contribution in [3.63, 3.8) is 0 Å². The molecule has 2 aromatic heterocycles. The fourth-order valence-electron chi connectivity index (χ4n) is 1.65. The van der Waals surface area contributed by atoms with Crippen LogP contribution in [-0.4, -0.2) is 15.1 Å². The Morgan fingerprint density at radius 1 is 0.947 bits per heavy atom. The Balaban J connectivity index is 2.19. The number of allylic oxidation sites excluding steroid dienone is 1. The van der Waals surface area contributed by atoms with E-state index in [0.717, 1.165) is 35.2 Å². The van der Waals surface area contributed by atoms with Gasteiger partial charge in [0, 0.05) is 12.4 Å². The summed E-state index contributed by atoms with van der Waals surface area (Å²) in [6.45, 7) is 2.10. The molecule has 2 rings (SSSR count). The lowest BCUT2D eigenvalue weighted by molar-refractivity contribution is 0.478. The van der Waals surface area contributed by atoms with Crippen LogP contribution in [0, 0.1) is 0 Å². The topological polar surface area (TPSA) is 46.0 Å². The van der Waals surface area contributed by atoms with Crippen molar-refractivity contribution in [1.29, 1.82) is 0 Å². The summed E-state index contributed by atoms with van der Waals surface area (Å²) in [5.74, 6) is 0. The fraction of sp³-hybridized carbons (Fsp3) is 0.125. The Bertz CT molecular complexity index is 569. The zero-order valence-electron chi connectivity index (χ0n) is 10.8. The summed E-state index contributed by atoms with van der Waals surface area (Å²) in [6.07, 6.45) is 11.3. The van der Waals surface area contributed by atoms with Crippen molar-refractivity contribution in [3.8, 4) is 11.4 Å². The highest BCUT2D eigenvalue weighted by Crippen LogP contribution is 2.15. The standard InChI is InChI=1S/C16H16N2O/c1-2-3-4-13-5-7-15(17-11-13)16-8-6-14(9-10-19)12-18-16/h3-12,19H,2H2,1H3/b4-3+,10-9+. The molecular weight excluding hydrogens is 236 g/mol. The van der Waals surface area contributed by atoms with Gasteiger partial charge in [-0.15, -0.1) is 0 Å². The fourth-order valence-corrected chi connectivity index (χ4v) is 1.65. The highest BCUT2D eigenvalue weighted by atomic mass is 16.2. The first-order chi connectivity index (χ1) is 9.33. The minimum absolute atomic E-state index is 0.820. The van der Waals surface area contributed by atoms with E-state index in [0.29, 0.717) is 0 Å². The van der Waals surface area contributed by atoms with Crippen molar-refractivity contribution in [3.05, 3.63) is 60.1 Å². The highest BCUT2D eigenvalue weighted by molar-refractivity contribution is 5.59. The molecule has 0 spiro atoms. The summed E-state index contributed by atoms with van der Waals surface area (Å²) >= 11 is 0. The molecule has 0 unspecified atom stereocenters. The second kappa shape index (κ2) is 6.50. The third-order valence-corrected chi connectivity index (χ3v) is 2.65. The average Bonchev–Trinajstić information content (AvgIpc) is 2.47. The van der Waals surface area contributed by atoms with Gasteiger partial charge in [0.05, 0.1) is 17.6 Å². The number of aliphatic hydroxyl groups is 1. The minimum Gasteiger partial charge on any atom is -0.516 e. The van der Waals surface area contributed by atoms with E-state index in [1.54, 1.807) is 12.3 Å². The number of rotatable bonds is 4. The SMILES string of the molecule is CC/C=C/c1ccc(-c2ccc(/C=C/O)cn2)nc1. The first-order valence-corrected chi connectivity index (χ1v) is 6.23. The summed E-state index contributed by atoms with van der Waals surface area (Å²) in [4.78, 5) is 8.71. The maximum Gasteiger partial charge on any atom is 0.0886 e. The van der Waals surface area contributed by atoms with Gasteiger partial charge >= 0.3 is 0 Å². The molecule has 0 saturated heterocycles. The molecule has 0 aliphatic heterocycles. The largest absolute Gasteiger partial charge is 0.516 e. The van der Waals surface area contributed by atoms with Crippen molar-refractivity contribution < 1.29 is 5.11 Å². The molecule has 0 fully saturated rings. The van der Waals surface area contributed by atoms with Crippen molar-refractivity contribution in [2.45, 2.75) is 13.3 Å². The third-order valence-electron chi connectivity index (χ3n) is 2.65. The average molecular weight is 252 g/mol. The second-order valence-corrected chi connectivity index (χ2v) is 4.08. The summed E-state index contributed by atoms with van der Waals surface area (Å²) < 4.78 is 0. The summed E-state index contributed by atoms with van der Waals surface area (Å²) in [5.41, 5.74) is 3.61. The molecular formula is C16H16N2O. The number of aliphatic hydroxyl groups excluding tert-OH is 1. The Labute approximate surface area is 113 Å². The van der Waals surface area contributed by atoms with E-state index in [9.17, 15) is 0 Å². The van der Waals surface area contributed by atoms with Gasteiger partial charge in [-0.25, -0.2) is 0 Å². The first-order valence-electron chi connectivity index (χ1n) is 6.23. The molecule has 0 atom stereocenters. The van der Waals surface area contributed by atoms with E-state index in [1.807, 2.05) is 30.5 Å². The smallest absolute Gasteiger partial charge is 0.0886 e. The molecule has 96 valence electrons. The summed E-state index contributed by atoms with van der Waals surface area (Å²) in [7, 11) is 0. The van der Waals surface area contributed by atoms with Gasteiger partial charge in [0.1, 0.15) is 0 Å². The maximum atomic E-state index is 8.68. The number of nitrogens with zero attached hydrogens (tertiary/aromatic N) is 2. The van der Waals surface area contributed by atoms with E-state index >= 15 is 0 Å². The van der Waals surface area contributed by atoms with Gasteiger partial charge in [-0.3, -0.25) is 9.97 Å². The third kappa shape index (κ3) is 3.52. The minimum atomic E-state index is 0.820. The maximum absolute atomic E-state index is 8.68.